The first-order chi connectivity index (χ1) is 14.7. The standard InChI is InChI=1S/C21H17F3N2O5/c1-4-30-12(2)15-6-5-7-16-17(15)19(27)18(20(28)29-3)25-26(16)13-8-10-14(11-9-13)31-21(22,23)24/h5-11H,2,4H2,1,3H3. The van der Waals surface area contributed by atoms with E-state index >= 15 is 0 Å². The summed E-state index contributed by atoms with van der Waals surface area (Å²) in [6, 6.07) is 9.62. The summed E-state index contributed by atoms with van der Waals surface area (Å²) in [7, 11) is 1.10. The van der Waals surface area contributed by atoms with Crippen LogP contribution in [-0.4, -0.2) is 35.8 Å². The van der Waals surface area contributed by atoms with Gasteiger partial charge in [0.05, 0.1) is 30.3 Å². The first-order valence-corrected chi connectivity index (χ1v) is 8.99. The van der Waals surface area contributed by atoms with Crippen LogP contribution in [0.1, 0.15) is 23.0 Å². The van der Waals surface area contributed by atoms with Crippen LogP contribution >= 0.6 is 0 Å². The van der Waals surface area contributed by atoms with E-state index < -0.39 is 29.2 Å². The van der Waals surface area contributed by atoms with Gasteiger partial charge in [-0.05, 0) is 37.3 Å². The Morgan fingerprint density at radius 2 is 1.84 bits per heavy atom. The minimum atomic E-state index is -4.84. The molecule has 2 aromatic carbocycles. The van der Waals surface area contributed by atoms with E-state index in [4.69, 9.17) is 4.74 Å². The number of carbonyl (C=O) groups excluding carboxylic acids is 1. The second-order valence-electron chi connectivity index (χ2n) is 6.18. The maximum Gasteiger partial charge on any atom is 0.573 e. The van der Waals surface area contributed by atoms with Gasteiger partial charge in [0.1, 0.15) is 11.5 Å². The molecule has 0 spiro atoms. The number of rotatable bonds is 6. The third-order valence-electron chi connectivity index (χ3n) is 4.23. The van der Waals surface area contributed by atoms with Crippen LogP contribution in [0, 0.1) is 0 Å². The Morgan fingerprint density at radius 3 is 2.42 bits per heavy atom. The van der Waals surface area contributed by atoms with Gasteiger partial charge in [-0.2, -0.15) is 5.10 Å². The molecule has 3 rings (SSSR count). The SMILES string of the molecule is C=C(OCC)c1cccc2c1c(=O)c(C(=O)OC)nn2-c1ccc(OC(F)(F)F)cc1. The number of fused-ring (bicyclic) bond motifs is 1. The highest BCUT2D eigenvalue weighted by atomic mass is 19.4. The summed E-state index contributed by atoms with van der Waals surface area (Å²) >= 11 is 0. The number of ether oxygens (including phenoxy) is 3. The molecule has 0 amide bonds. The number of hydrogen-bond acceptors (Lipinski definition) is 6. The molecule has 0 fully saturated rings. The maximum atomic E-state index is 13.0. The van der Waals surface area contributed by atoms with Gasteiger partial charge in [0, 0.05) is 5.56 Å². The quantitative estimate of drug-likeness (QED) is 0.430. The Labute approximate surface area is 174 Å². The number of alkyl halides is 3. The molecule has 7 nitrogen and oxygen atoms in total. The molecule has 10 heteroatoms. The molecule has 1 heterocycles. The van der Waals surface area contributed by atoms with Gasteiger partial charge in [-0.25, -0.2) is 9.48 Å². The van der Waals surface area contributed by atoms with Crippen molar-refractivity contribution in [1.82, 2.24) is 9.78 Å². The summed E-state index contributed by atoms with van der Waals surface area (Å²) in [5, 5.41) is 4.19. The normalized spacial score (nSPS) is 11.3. The lowest BCUT2D eigenvalue weighted by Crippen LogP contribution is -2.24. The van der Waals surface area contributed by atoms with Crippen LogP contribution in [0.25, 0.3) is 22.3 Å². The molecule has 0 aliphatic carbocycles. The molecule has 162 valence electrons. The van der Waals surface area contributed by atoms with Crippen molar-refractivity contribution in [2.24, 2.45) is 0 Å². The van der Waals surface area contributed by atoms with Crippen LogP contribution < -0.4 is 10.2 Å². The monoisotopic (exact) mass is 434 g/mol. The zero-order valence-electron chi connectivity index (χ0n) is 16.5. The molecule has 0 aliphatic heterocycles. The minimum absolute atomic E-state index is 0.104. The number of hydrogen-bond donors (Lipinski definition) is 0. The highest BCUT2D eigenvalue weighted by Gasteiger charge is 2.31. The highest BCUT2D eigenvalue weighted by molar-refractivity contribution is 5.96. The molecule has 3 aromatic rings. The fourth-order valence-corrected chi connectivity index (χ4v) is 2.97. The van der Waals surface area contributed by atoms with Crippen molar-refractivity contribution < 1.29 is 32.2 Å². The van der Waals surface area contributed by atoms with Gasteiger partial charge < -0.3 is 14.2 Å². The van der Waals surface area contributed by atoms with E-state index in [0.29, 0.717) is 17.7 Å². The van der Waals surface area contributed by atoms with Gasteiger partial charge >= 0.3 is 12.3 Å². The van der Waals surface area contributed by atoms with Crippen molar-refractivity contribution in [3.05, 3.63) is 70.5 Å². The lowest BCUT2D eigenvalue weighted by Gasteiger charge is -2.15. The van der Waals surface area contributed by atoms with Crippen LogP contribution in [0.3, 0.4) is 0 Å². The van der Waals surface area contributed by atoms with E-state index in [1.54, 1.807) is 25.1 Å². The molecular weight excluding hydrogens is 417 g/mol. The second kappa shape index (κ2) is 8.50. The zero-order chi connectivity index (χ0) is 22.8. The van der Waals surface area contributed by atoms with E-state index in [-0.39, 0.29) is 16.8 Å². The average Bonchev–Trinajstić information content (AvgIpc) is 2.73. The van der Waals surface area contributed by atoms with Crippen molar-refractivity contribution in [2.45, 2.75) is 13.3 Å². The number of halogens is 3. The Morgan fingerprint density at radius 1 is 1.16 bits per heavy atom. The summed E-state index contributed by atoms with van der Waals surface area (Å²) in [5.74, 6) is -1.18. The van der Waals surface area contributed by atoms with Gasteiger partial charge in [0.2, 0.25) is 11.1 Å². The summed E-state index contributed by atoms with van der Waals surface area (Å²) < 4.78 is 52.5. The van der Waals surface area contributed by atoms with E-state index in [0.717, 1.165) is 19.2 Å². The lowest BCUT2D eigenvalue weighted by atomic mass is 10.1. The van der Waals surface area contributed by atoms with Gasteiger partial charge in [-0.3, -0.25) is 4.79 Å². The van der Waals surface area contributed by atoms with Crippen molar-refractivity contribution in [2.75, 3.05) is 13.7 Å². The molecular formula is C21H17F3N2O5. The molecule has 0 bridgehead atoms. The number of methoxy groups -OCH3 is 1. The molecule has 0 saturated carbocycles. The van der Waals surface area contributed by atoms with Crippen LogP contribution in [0.2, 0.25) is 0 Å². The van der Waals surface area contributed by atoms with E-state index in [1.807, 2.05) is 0 Å². The van der Waals surface area contributed by atoms with Crippen molar-refractivity contribution in [1.29, 1.82) is 0 Å². The van der Waals surface area contributed by atoms with E-state index in [9.17, 15) is 22.8 Å². The van der Waals surface area contributed by atoms with Gasteiger partial charge in [0.15, 0.2) is 0 Å². The van der Waals surface area contributed by atoms with Crippen LogP contribution in [0.5, 0.6) is 5.75 Å². The Bertz CT molecular complexity index is 1200. The van der Waals surface area contributed by atoms with E-state index in [1.165, 1.54) is 16.8 Å². The Balaban J connectivity index is 2.27. The van der Waals surface area contributed by atoms with Crippen molar-refractivity contribution in [3.63, 3.8) is 0 Å². The molecule has 0 N–H and O–H groups in total. The summed E-state index contributed by atoms with van der Waals surface area (Å²) in [5.41, 5.74) is -0.263. The van der Waals surface area contributed by atoms with Crippen LogP contribution in [0.4, 0.5) is 13.2 Å². The fraction of sp³-hybridized carbons (Fsp3) is 0.190. The third-order valence-corrected chi connectivity index (χ3v) is 4.23. The number of benzene rings is 2. The van der Waals surface area contributed by atoms with Gasteiger partial charge in [0.25, 0.3) is 0 Å². The molecule has 0 radical (unpaired) electrons. The minimum Gasteiger partial charge on any atom is -0.494 e. The predicted molar refractivity (Wildman–Crippen MR) is 106 cm³/mol. The predicted octanol–water partition coefficient (Wildman–Crippen LogP) is 4.08. The number of carbonyl (C=O) groups is 1. The van der Waals surface area contributed by atoms with Gasteiger partial charge in [-0.15, -0.1) is 13.2 Å². The van der Waals surface area contributed by atoms with Gasteiger partial charge in [-0.1, -0.05) is 18.7 Å². The summed E-state index contributed by atoms with van der Waals surface area (Å²) in [4.78, 5) is 25.2. The third kappa shape index (κ3) is 4.52. The topological polar surface area (TPSA) is 79.7 Å². The lowest BCUT2D eigenvalue weighted by molar-refractivity contribution is -0.274. The smallest absolute Gasteiger partial charge is 0.494 e. The first-order valence-electron chi connectivity index (χ1n) is 8.99. The molecule has 0 unspecified atom stereocenters. The highest BCUT2D eigenvalue weighted by Crippen LogP contribution is 2.27. The molecule has 31 heavy (non-hydrogen) atoms. The second-order valence-corrected chi connectivity index (χ2v) is 6.18. The molecule has 0 atom stereocenters. The largest absolute Gasteiger partial charge is 0.573 e. The fourth-order valence-electron chi connectivity index (χ4n) is 2.97. The van der Waals surface area contributed by atoms with Crippen LogP contribution in [0.15, 0.2) is 53.8 Å². The molecule has 0 saturated heterocycles. The number of nitrogens with zero attached hydrogens (tertiary/aromatic N) is 2. The van der Waals surface area contributed by atoms with Crippen molar-refractivity contribution >= 4 is 22.6 Å². The van der Waals surface area contributed by atoms with E-state index in [2.05, 4.69) is 21.2 Å². The van der Waals surface area contributed by atoms with Crippen molar-refractivity contribution in [3.8, 4) is 11.4 Å². The average molecular weight is 434 g/mol. The first kappa shape index (κ1) is 21.9. The number of aromatic nitrogens is 2. The summed E-state index contributed by atoms with van der Waals surface area (Å²) in [6.07, 6.45) is -4.84. The Hall–Kier alpha value is -3.82. The summed E-state index contributed by atoms with van der Waals surface area (Å²) in [6.45, 7) is 5.87. The molecule has 0 aliphatic rings. The molecule has 1 aromatic heterocycles. The van der Waals surface area contributed by atoms with Crippen LogP contribution in [-0.2, 0) is 9.47 Å². The maximum absolute atomic E-state index is 13.0. The zero-order valence-corrected chi connectivity index (χ0v) is 16.5. The Kier molecular flexibility index (Phi) is 6.00. The number of esters is 1.